The highest BCUT2D eigenvalue weighted by Crippen LogP contribution is 2.33. The van der Waals surface area contributed by atoms with Crippen LogP contribution in [-0.4, -0.2) is 28.5 Å². The van der Waals surface area contributed by atoms with Crippen LogP contribution in [0.25, 0.3) is 0 Å². The normalized spacial score (nSPS) is 27.2. The van der Waals surface area contributed by atoms with Crippen LogP contribution in [0.5, 0.6) is 0 Å². The Bertz CT molecular complexity index is 441. The smallest absolute Gasteiger partial charge is 0.389 e. The van der Waals surface area contributed by atoms with Crippen LogP contribution >= 0.6 is 0 Å². The van der Waals surface area contributed by atoms with Crippen LogP contribution in [-0.2, 0) is 9.53 Å². The first-order chi connectivity index (χ1) is 7.87. The van der Waals surface area contributed by atoms with E-state index < -0.39 is 33.0 Å². The number of rotatable bonds is 3. The lowest BCUT2D eigenvalue weighted by atomic mass is 9.80. The van der Waals surface area contributed by atoms with Gasteiger partial charge in [0.1, 0.15) is 5.92 Å². The third-order valence-corrected chi connectivity index (χ3v) is 2.75. The van der Waals surface area contributed by atoms with Gasteiger partial charge in [-0.2, -0.15) is 0 Å². The first-order valence-electron chi connectivity index (χ1n) is 4.64. The van der Waals surface area contributed by atoms with Crippen LogP contribution in [0.1, 0.15) is 6.92 Å². The van der Waals surface area contributed by atoms with Crippen molar-refractivity contribution >= 4 is 5.97 Å². The van der Waals surface area contributed by atoms with Crippen molar-refractivity contribution in [2.24, 2.45) is 5.92 Å². The Morgan fingerprint density at radius 2 is 2.06 bits per heavy atom. The third kappa shape index (κ3) is 1.77. The van der Waals surface area contributed by atoms with Gasteiger partial charge < -0.3 is 4.74 Å². The fourth-order valence-corrected chi connectivity index (χ4v) is 1.73. The molecule has 0 radical (unpaired) electrons. The molecule has 1 aliphatic carbocycles. The molecule has 0 amide bonds. The molecule has 8 nitrogen and oxygen atoms in total. The summed E-state index contributed by atoms with van der Waals surface area (Å²) in [6.45, 7) is 1.25. The summed E-state index contributed by atoms with van der Waals surface area (Å²) < 4.78 is 4.37. The lowest BCUT2D eigenvalue weighted by Crippen LogP contribution is -2.53. The van der Waals surface area contributed by atoms with Gasteiger partial charge in [-0.25, -0.2) is 4.79 Å². The summed E-state index contributed by atoms with van der Waals surface area (Å²) in [6.07, 6.45) is 3.27. The number of hydrogen-bond donors (Lipinski definition) is 0. The van der Waals surface area contributed by atoms with Gasteiger partial charge in [0, 0.05) is 17.1 Å². The zero-order chi connectivity index (χ0) is 13.2. The Balaban J connectivity index is 3.33. The van der Waals surface area contributed by atoms with E-state index in [4.69, 9.17) is 0 Å². The average molecular weight is 242 g/mol. The monoisotopic (exact) mass is 242 g/mol. The summed E-state index contributed by atoms with van der Waals surface area (Å²) in [6, 6.07) is 0. The van der Waals surface area contributed by atoms with E-state index in [2.05, 4.69) is 4.74 Å². The number of nitro groups is 2. The number of carbonyl (C=O) groups is 1. The Kier molecular flexibility index (Phi) is 3.26. The second-order valence-electron chi connectivity index (χ2n) is 3.50. The molecule has 92 valence electrons. The second kappa shape index (κ2) is 4.32. The van der Waals surface area contributed by atoms with Gasteiger partial charge in [-0.15, -0.1) is 0 Å². The van der Waals surface area contributed by atoms with Gasteiger partial charge in [-0.1, -0.05) is 6.08 Å². The lowest BCUT2D eigenvalue weighted by molar-refractivity contribution is -0.558. The number of carbonyl (C=O) groups excluding carboxylic acids is 1. The minimum Gasteiger partial charge on any atom is -0.463 e. The van der Waals surface area contributed by atoms with Gasteiger partial charge in [0.15, 0.2) is 0 Å². The Hall–Kier alpha value is -2.25. The zero-order valence-corrected chi connectivity index (χ0v) is 9.15. The van der Waals surface area contributed by atoms with Crippen molar-refractivity contribution in [2.45, 2.75) is 12.5 Å². The van der Waals surface area contributed by atoms with Gasteiger partial charge in [-0.3, -0.25) is 20.2 Å². The van der Waals surface area contributed by atoms with Gasteiger partial charge in [0.2, 0.25) is 0 Å². The molecule has 0 aliphatic heterocycles. The predicted molar refractivity (Wildman–Crippen MR) is 55.1 cm³/mol. The number of nitrogens with zero attached hydrogens (tertiary/aromatic N) is 2. The molecule has 8 heteroatoms. The molecule has 0 saturated heterocycles. The summed E-state index contributed by atoms with van der Waals surface area (Å²) in [5, 5.41) is 21.8. The number of ether oxygens (including phenoxy) is 1. The van der Waals surface area contributed by atoms with E-state index >= 15 is 0 Å². The molecule has 0 spiro atoms. The Morgan fingerprint density at radius 1 is 1.47 bits per heavy atom. The van der Waals surface area contributed by atoms with Crippen LogP contribution in [0, 0.1) is 26.1 Å². The lowest BCUT2D eigenvalue weighted by Gasteiger charge is -2.25. The van der Waals surface area contributed by atoms with Crippen LogP contribution in [0.2, 0.25) is 0 Å². The Morgan fingerprint density at radius 3 is 2.47 bits per heavy atom. The molecule has 2 unspecified atom stereocenters. The molecule has 0 heterocycles. The maximum atomic E-state index is 11.5. The molecule has 0 aromatic heterocycles. The van der Waals surface area contributed by atoms with Crippen molar-refractivity contribution < 1.29 is 19.4 Å². The molecular weight excluding hydrogens is 232 g/mol. The average Bonchev–Trinajstić information content (AvgIpc) is 2.27. The molecule has 1 rings (SSSR count). The maximum Gasteiger partial charge on any atom is 0.389 e. The first-order valence-corrected chi connectivity index (χ1v) is 4.64. The second-order valence-corrected chi connectivity index (χ2v) is 3.50. The third-order valence-electron chi connectivity index (χ3n) is 2.75. The summed E-state index contributed by atoms with van der Waals surface area (Å²) in [7, 11) is 0.998. The van der Waals surface area contributed by atoms with Crippen molar-refractivity contribution in [3.8, 4) is 0 Å². The quantitative estimate of drug-likeness (QED) is 0.405. The molecule has 17 heavy (non-hydrogen) atoms. The van der Waals surface area contributed by atoms with E-state index in [-0.39, 0.29) is 0 Å². The molecule has 1 aliphatic rings. The van der Waals surface area contributed by atoms with E-state index in [9.17, 15) is 25.0 Å². The summed E-state index contributed by atoms with van der Waals surface area (Å²) in [4.78, 5) is 31.7. The van der Waals surface area contributed by atoms with Crippen molar-refractivity contribution in [3.05, 3.63) is 44.2 Å². The van der Waals surface area contributed by atoms with E-state index in [1.54, 1.807) is 0 Å². The molecule has 0 aromatic rings. The summed E-state index contributed by atoms with van der Waals surface area (Å²) >= 11 is 0. The van der Waals surface area contributed by atoms with E-state index in [0.717, 1.165) is 25.3 Å². The highest BCUT2D eigenvalue weighted by molar-refractivity contribution is 5.83. The molecule has 0 N–H and O–H groups in total. The maximum absolute atomic E-state index is 11.5. The van der Waals surface area contributed by atoms with Crippen molar-refractivity contribution in [1.82, 2.24) is 0 Å². The first kappa shape index (κ1) is 12.8. The number of hydrogen-bond acceptors (Lipinski definition) is 6. The number of allylic oxidation sites excluding steroid dienone is 2. The fourth-order valence-electron chi connectivity index (χ4n) is 1.73. The molecule has 2 atom stereocenters. The van der Waals surface area contributed by atoms with Gasteiger partial charge in [0.25, 0.3) is 5.70 Å². The van der Waals surface area contributed by atoms with Crippen molar-refractivity contribution in [2.75, 3.05) is 7.11 Å². The number of esters is 1. The molecule has 0 bridgehead atoms. The van der Waals surface area contributed by atoms with Crippen molar-refractivity contribution in [3.63, 3.8) is 0 Å². The summed E-state index contributed by atoms with van der Waals surface area (Å²) in [5.41, 5.74) is -2.62. The molecule has 0 saturated carbocycles. The standard InChI is InChI=1S/C9H10N2O6/c1-6-7(10(13)14)4-3-5-9(6,11(15)16)8(12)17-2/h3-6H,1-2H3. The minimum atomic E-state index is -2.23. The molecule has 0 aromatic carbocycles. The van der Waals surface area contributed by atoms with Gasteiger partial charge >= 0.3 is 11.5 Å². The van der Waals surface area contributed by atoms with Crippen molar-refractivity contribution in [1.29, 1.82) is 0 Å². The topological polar surface area (TPSA) is 113 Å². The highest BCUT2D eigenvalue weighted by Gasteiger charge is 2.60. The predicted octanol–water partition coefficient (Wildman–Crippen LogP) is 0.541. The van der Waals surface area contributed by atoms with Gasteiger partial charge in [-0.05, 0) is 6.92 Å². The summed E-state index contributed by atoms with van der Waals surface area (Å²) in [5.74, 6) is -2.33. The fraction of sp³-hybridized carbons (Fsp3) is 0.444. The van der Waals surface area contributed by atoms with E-state index in [0.29, 0.717) is 0 Å². The van der Waals surface area contributed by atoms with Crippen LogP contribution in [0.3, 0.4) is 0 Å². The minimum absolute atomic E-state index is 0.394. The number of methoxy groups -OCH3 is 1. The largest absolute Gasteiger partial charge is 0.463 e. The van der Waals surface area contributed by atoms with E-state index in [1.807, 2.05) is 0 Å². The Labute approximate surface area is 95.9 Å². The van der Waals surface area contributed by atoms with Crippen LogP contribution in [0.15, 0.2) is 23.9 Å². The molecule has 0 fully saturated rings. The zero-order valence-electron chi connectivity index (χ0n) is 9.15. The highest BCUT2D eigenvalue weighted by atomic mass is 16.6. The molecular formula is C9H10N2O6. The SMILES string of the molecule is COC(=O)C1([N+](=O)[O-])C=CC=C([N+](=O)[O-])C1C. The van der Waals surface area contributed by atoms with Crippen LogP contribution < -0.4 is 0 Å². The van der Waals surface area contributed by atoms with Crippen LogP contribution in [0.4, 0.5) is 0 Å². The van der Waals surface area contributed by atoms with E-state index in [1.165, 1.54) is 6.92 Å². The van der Waals surface area contributed by atoms with Gasteiger partial charge in [0.05, 0.1) is 12.0 Å².